The van der Waals surface area contributed by atoms with Crippen LogP contribution in [0.4, 0.5) is 0 Å². The van der Waals surface area contributed by atoms with Crippen molar-refractivity contribution in [2.75, 3.05) is 7.05 Å². The van der Waals surface area contributed by atoms with Crippen molar-refractivity contribution >= 4 is 27.3 Å². The molecule has 0 aliphatic carbocycles. The van der Waals surface area contributed by atoms with Crippen LogP contribution in [0.5, 0.6) is 0 Å². The SMILES string of the molecule is CNC(CCc1cccs1)c1ccccc1Br. The van der Waals surface area contributed by atoms with Gasteiger partial charge in [0.1, 0.15) is 0 Å². The minimum atomic E-state index is 0.410. The molecule has 1 heterocycles. The second-order valence-corrected chi connectivity index (χ2v) is 5.87. The normalized spacial score (nSPS) is 12.6. The molecule has 0 aliphatic rings. The molecule has 0 radical (unpaired) electrons. The van der Waals surface area contributed by atoms with Gasteiger partial charge in [0.15, 0.2) is 0 Å². The molecule has 0 saturated heterocycles. The summed E-state index contributed by atoms with van der Waals surface area (Å²) in [7, 11) is 2.03. The maximum absolute atomic E-state index is 3.62. The molecule has 0 amide bonds. The van der Waals surface area contributed by atoms with Gasteiger partial charge < -0.3 is 5.32 Å². The molecule has 1 aromatic carbocycles. The third-order valence-corrected chi connectivity index (χ3v) is 4.55. The van der Waals surface area contributed by atoms with Crippen molar-refractivity contribution in [3.63, 3.8) is 0 Å². The molecule has 90 valence electrons. The maximum Gasteiger partial charge on any atom is 0.0332 e. The first-order valence-electron chi connectivity index (χ1n) is 5.75. The van der Waals surface area contributed by atoms with Gasteiger partial charge in [0, 0.05) is 15.4 Å². The van der Waals surface area contributed by atoms with E-state index in [0.29, 0.717) is 6.04 Å². The van der Waals surface area contributed by atoms with E-state index >= 15 is 0 Å². The number of hydrogen-bond donors (Lipinski definition) is 1. The predicted octanol–water partition coefficient (Wildman–Crippen LogP) is 4.40. The summed E-state index contributed by atoms with van der Waals surface area (Å²) in [6.45, 7) is 0. The van der Waals surface area contributed by atoms with Crippen molar-refractivity contribution in [2.45, 2.75) is 18.9 Å². The highest BCUT2D eigenvalue weighted by atomic mass is 79.9. The molecule has 0 spiro atoms. The Kier molecular flexibility index (Phi) is 4.77. The highest BCUT2D eigenvalue weighted by Crippen LogP contribution is 2.26. The molecule has 1 unspecified atom stereocenters. The van der Waals surface area contributed by atoms with Crippen LogP contribution in [0.15, 0.2) is 46.3 Å². The Labute approximate surface area is 115 Å². The third-order valence-electron chi connectivity index (χ3n) is 2.89. The lowest BCUT2D eigenvalue weighted by molar-refractivity contribution is 0.549. The summed E-state index contributed by atoms with van der Waals surface area (Å²) in [6.07, 6.45) is 2.25. The van der Waals surface area contributed by atoms with Gasteiger partial charge in [-0.3, -0.25) is 0 Å². The smallest absolute Gasteiger partial charge is 0.0332 e. The van der Waals surface area contributed by atoms with Crippen molar-refractivity contribution in [1.82, 2.24) is 5.32 Å². The average molecular weight is 310 g/mol. The first-order chi connectivity index (χ1) is 8.31. The number of hydrogen-bond acceptors (Lipinski definition) is 2. The molecular weight excluding hydrogens is 294 g/mol. The maximum atomic E-state index is 3.62. The average Bonchev–Trinajstić information content (AvgIpc) is 2.85. The van der Waals surface area contributed by atoms with Crippen molar-refractivity contribution in [3.8, 4) is 0 Å². The summed E-state index contributed by atoms with van der Waals surface area (Å²) in [5.74, 6) is 0. The fourth-order valence-electron chi connectivity index (χ4n) is 1.95. The first-order valence-corrected chi connectivity index (χ1v) is 7.42. The Bertz CT molecular complexity index is 453. The Morgan fingerprint density at radius 2 is 2.06 bits per heavy atom. The monoisotopic (exact) mass is 309 g/mol. The predicted molar refractivity (Wildman–Crippen MR) is 78.6 cm³/mol. The van der Waals surface area contributed by atoms with Crippen molar-refractivity contribution in [3.05, 3.63) is 56.7 Å². The zero-order chi connectivity index (χ0) is 12.1. The van der Waals surface area contributed by atoms with E-state index in [1.54, 1.807) is 0 Å². The van der Waals surface area contributed by atoms with Crippen LogP contribution in [0.25, 0.3) is 0 Å². The van der Waals surface area contributed by atoms with Crippen molar-refractivity contribution in [2.24, 2.45) is 0 Å². The molecule has 0 fully saturated rings. The zero-order valence-corrected chi connectivity index (χ0v) is 12.2. The first kappa shape index (κ1) is 12.8. The third kappa shape index (κ3) is 3.41. The van der Waals surface area contributed by atoms with Crippen LogP contribution in [-0.2, 0) is 6.42 Å². The number of thiophene rings is 1. The quantitative estimate of drug-likeness (QED) is 0.863. The van der Waals surface area contributed by atoms with E-state index in [2.05, 4.69) is 63.0 Å². The van der Waals surface area contributed by atoms with E-state index in [1.807, 2.05) is 18.4 Å². The number of aryl methyl sites for hydroxylation is 1. The zero-order valence-electron chi connectivity index (χ0n) is 9.82. The van der Waals surface area contributed by atoms with Crippen LogP contribution in [0, 0.1) is 0 Å². The minimum absolute atomic E-state index is 0.410. The highest BCUT2D eigenvalue weighted by molar-refractivity contribution is 9.10. The van der Waals surface area contributed by atoms with Crippen LogP contribution in [-0.4, -0.2) is 7.05 Å². The topological polar surface area (TPSA) is 12.0 Å². The number of rotatable bonds is 5. The Morgan fingerprint density at radius 1 is 1.24 bits per heavy atom. The van der Waals surface area contributed by atoms with Gasteiger partial charge in [0.05, 0.1) is 0 Å². The molecule has 0 aliphatic heterocycles. The van der Waals surface area contributed by atoms with Gasteiger partial charge >= 0.3 is 0 Å². The van der Waals surface area contributed by atoms with E-state index < -0.39 is 0 Å². The molecule has 0 bridgehead atoms. The summed E-state index contributed by atoms with van der Waals surface area (Å²) in [5.41, 5.74) is 1.34. The summed E-state index contributed by atoms with van der Waals surface area (Å²) in [4.78, 5) is 1.46. The van der Waals surface area contributed by atoms with Gasteiger partial charge in [0.2, 0.25) is 0 Å². The summed E-state index contributed by atoms with van der Waals surface area (Å²) in [6, 6.07) is 13.2. The lowest BCUT2D eigenvalue weighted by atomic mass is 10.0. The molecule has 1 nitrogen and oxygen atoms in total. The fraction of sp³-hybridized carbons (Fsp3) is 0.286. The molecule has 17 heavy (non-hydrogen) atoms. The van der Waals surface area contributed by atoms with Crippen LogP contribution >= 0.6 is 27.3 Å². The number of halogens is 1. The van der Waals surface area contributed by atoms with Gasteiger partial charge in [0.25, 0.3) is 0 Å². The number of benzene rings is 1. The largest absolute Gasteiger partial charge is 0.313 e. The lowest BCUT2D eigenvalue weighted by Crippen LogP contribution is -2.17. The fourth-order valence-corrected chi connectivity index (χ4v) is 3.24. The lowest BCUT2D eigenvalue weighted by Gasteiger charge is -2.17. The second-order valence-electron chi connectivity index (χ2n) is 3.98. The van der Waals surface area contributed by atoms with Gasteiger partial charge in [-0.1, -0.05) is 40.2 Å². The van der Waals surface area contributed by atoms with E-state index in [-0.39, 0.29) is 0 Å². The Hall–Kier alpha value is -0.640. The molecule has 1 aromatic heterocycles. The molecule has 2 aromatic rings. The minimum Gasteiger partial charge on any atom is -0.313 e. The van der Waals surface area contributed by atoms with E-state index in [0.717, 1.165) is 12.8 Å². The molecule has 2 rings (SSSR count). The summed E-state index contributed by atoms with van der Waals surface area (Å²) >= 11 is 5.45. The van der Waals surface area contributed by atoms with Gasteiger partial charge in [-0.15, -0.1) is 11.3 Å². The highest BCUT2D eigenvalue weighted by Gasteiger charge is 2.12. The standard InChI is InChI=1S/C14H16BrNS/c1-16-14(9-8-11-5-4-10-17-11)12-6-2-3-7-13(12)15/h2-7,10,14,16H,8-9H2,1H3. The molecule has 1 atom stereocenters. The summed E-state index contributed by atoms with van der Waals surface area (Å²) in [5, 5.41) is 5.54. The Balaban J connectivity index is 2.04. The molecule has 1 N–H and O–H groups in total. The van der Waals surface area contributed by atoms with Crippen molar-refractivity contribution < 1.29 is 0 Å². The van der Waals surface area contributed by atoms with Crippen molar-refractivity contribution in [1.29, 1.82) is 0 Å². The number of nitrogens with one attached hydrogen (secondary N) is 1. The molecule has 3 heteroatoms. The van der Waals surface area contributed by atoms with Gasteiger partial charge in [-0.2, -0.15) is 0 Å². The second kappa shape index (κ2) is 6.34. The van der Waals surface area contributed by atoms with Crippen LogP contribution < -0.4 is 5.32 Å². The Morgan fingerprint density at radius 3 is 2.71 bits per heavy atom. The van der Waals surface area contributed by atoms with Crippen LogP contribution in [0.1, 0.15) is 22.9 Å². The van der Waals surface area contributed by atoms with E-state index in [4.69, 9.17) is 0 Å². The molecular formula is C14H16BrNS. The van der Waals surface area contributed by atoms with Gasteiger partial charge in [-0.05, 0) is 43.0 Å². The van der Waals surface area contributed by atoms with E-state index in [1.165, 1.54) is 14.9 Å². The van der Waals surface area contributed by atoms with E-state index in [9.17, 15) is 0 Å². The van der Waals surface area contributed by atoms with Crippen LogP contribution in [0.2, 0.25) is 0 Å². The van der Waals surface area contributed by atoms with Crippen LogP contribution in [0.3, 0.4) is 0 Å². The molecule has 0 saturated carbocycles. The van der Waals surface area contributed by atoms with Gasteiger partial charge in [-0.25, -0.2) is 0 Å². The summed E-state index contributed by atoms with van der Waals surface area (Å²) < 4.78 is 1.19.